The zero-order valence-corrected chi connectivity index (χ0v) is 9.59. The number of nitrogen functional groups attached to an aromatic ring is 1. The second-order valence-electron chi connectivity index (χ2n) is 3.96. The van der Waals surface area contributed by atoms with Gasteiger partial charge in [-0.15, -0.1) is 0 Å². The third-order valence-electron chi connectivity index (χ3n) is 2.90. The molecule has 1 fully saturated rings. The molecular formula is C11H15N3O3. The zero-order valence-electron chi connectivity index (χ0n) is 9.59. The van der Waals surface area contributed by atoms with Crippen molar-refractivity contribution in [1.82, 2.24) is 4.98 Å². The number of carboxylic acid groups (broad SMARTS) is 1. The number of rotatable bonds is 3. The number of methoxy groups -OCH3 is 1. The molecule has 0 amide bonds. The van der Waals surface area contributed by atoms with E-state index < -0.39 is 12.0 Å². The van der Waals surface area contributed by atoms with Gasteiger partial charge in [-0.3, -0.25) is 0 Å². The van der Waals surface area contributed by atoms with Crippen LogP contribution in [0.15, 0.2) is 12.1 Å². The summed E-state index contributed by atoms with van der Waals surface area (Å²) in [6, 6.07) is 2.90. The van der Waals surface area contributed by atoms with Crippen molar-refractivity contribution < 1.29 is 14.6 Å². The number of hydrogen-bond acceptors (Lipinski definition) is 5. The molecule has 1 saturated heterocycles. The highest BCUT2D eigenvalue weighted by Gasteiger charge is 2.31. The summed E-state index contributed by atoms with van der Waals surface area (Å²) >= 11 is 0. The van der Waals surface area contributed by atoms with Crippen molar-refractivity contribution in [1.29, 1.82) is 0 Å². The van der Waals surface area contributed by atoms with E-state index in [0.29, 0.717) is 30.4 Å². The molecule has 3 N–H and O–H groups in total. The molecule has 0 bridgehead atoms. The van der Waals surface area contributed by atoms with Crippen LogP contribution in [0.25, 0.3) is 0 Å². The van der Waals surface area contributed by atoms with Crippen LogP contribution < -0.4 is 15.4 Å². The Kier molecular flexibility index (Phi) is 3.03. The smallest absolute Gasteiger partial charge is 0.326 e. The van der Waals surface area contributed by atoms with Gasteiger partial charge in [-0.25, -0.2) is 4.79 Å². The van der Waals surface area contributed by atoms with Gasteiger partial charge in [-0.05, 0) is 25.0 Å². The summed E-state index contributed by atoms with van der Waals surface area (Å²) in [4.78, 5) is 17.1. The molecule has 2 heterocycles. The average Bonchev–Trinajstić information content (AvgIpc) is 2.78. The molecule has 1 aliphatic heterocycles. The maximum absolute atomic E-state index is 11.1. The first-order valence-electron chi connectivity index (χ1n) is 5.43. The molecule has 1 aromatic rings. The van der Waals surface area contributed by atoms with Crippen molar-refractivity contribution in [2.75, 3.05) is 24.3 Å². The van der Waals surface area contributed by atoms with Gasteiger partial charge in [0.2, 0.25) is 5.88 Å². The van der Waals surface area contributed by atoms with Crippen LogP contribution in [0.5, 0.6) is 5.88 Å². The highest BCUT2D eigenvalue weighted by atomic mass is 16.5. The molecular weight excluding hydrogens is 222 g/mol. The predicted octanol–water partition coefficient (Wildman–Crippen LogP) is 0.726. The Balaban J connectivity index is 2.30. The summed E-state index contributed by atoms with van der Waals surface area (Å²) in [7, 11) is 1.49. The molecule has 17 heavy (non-hydrogen) atoms. The fraction of sp³-hybridized carbons (Fsp3) is 0.455. The Morgan fingerprint density at radius 2 is 2.41 bits per heavy atom. The van der Waals surface area contributed by atoms with E-state index in [0.717, 1.165) is 6.42 Å². The van der Waals surface area contributed by atoms with Crippen LogP contribution >= 0.6 is 0 Å². The maximum Gasteiger partial charge on any atom is 0.326 e. The lowest BCUT2D eigenvalue weighted by Gasteiger charge is -2.22. The van der Waals surface area contributed by atoms with Crippen molar-refractivity contribution in [3.05, 3.63) is 12.1 Å². The standard InChI is InChI=1S/C11H15N3O3/c1-17-10-7(12)4-5-9(13-10)14-6-2-3-8(14)11(15)16/h4-5,8H,2-3,6,12H2,1H3,(H,15,16). The summed E-state index contributed by atoms with van der Waals surface area (Å²) in [6.45, 7) is 0.692. The number of ether oxygens (including phenoxy) is 1. The lowest BCUT2D eigenvalue weighted by Crippen LogP contribution is -2.36. The van der Waals surface area contributed by atoms with Gasteiger partial charge in [-0.1, -0.05) is 0 Å². The van der Waals surface area contributed by atoms with Gasteiger partial charge in [-0.2, -0.15) is 4.98 Å². The fourth-order valence-corrected chi connectivity index (χ4v) is 2.06. The Morgan fingerprint density at radius 1 is 1.65 bits per heavy atom. The highest BCUT2D eigenvalue weighted by Crippen LogP contribution is 2.28. The zero-order chi connectivity index (χ0) is 12.4. The number of aromatic nitrogens is 1. The molecule has 0 spiro atoms. The van der Waals surface area contributed by atoms with E-state index in [1.165, 1.54) is 7.11 Å². The van der Waals surface area contributed by atoms with Crippen molar-refractivity contribution in [3.63, 3.8) is 0 Å². The van der Waals surface area contributed by atoms with E-state index in [2.05, 4.69) is 4.98 Å². The van der Waals surface area contributed by atoms with Gasteiger partial charge in [0, 0.05) is 6.54 Å². The van der Waals surface area contributed by atoms with Gasteiger partial charge in [0.05, 0.1) is 12.8 Å². The first-order valence-corrected chi connectivity index (χ1v) is 5.43. The molecule has 0 aromatic carbocycles. The average molecular weight is 237 g/mol. The number of aliphatic carboxylic acids is 1. The quantitative estimate of drug-likeness (QED) is 0.805. The van der Waals surface area contributed by atoms with Crippen molar-refractivity contribution in [3.8, 4) is 5.88 Å². The van der Waals surface area contributed by atoms with Gasteiger partial charge < -0.3 is 20.5 Å². The molecule has 0 radical (unpaired) electrons. The number of carbonyl (C=O) groups is 1. The van der Waals surface area contributed by atoms with Crippen LogP contribution in [-0.2, 0) is 4.79 Å². The first-order chi connectivity index (χ1) is 8.13. The van der Waals surface area contributed by atoms with Crippen LogP contribution in [0.3, 0.4) is 0 Å². The monoisotopic (exact) mass is 237 g/mol. The number of hydrogen-bond donors (Lipinski definition) is 2. The van der Waals surface area contributed by atoms with Crippen molar-refractivity contribution >= 4 is 17.5 Å². The normalized spacial score (nSPS) is 19.4. The van der Waals surface area contributed by atoms with E-state index in [1.807, 2.05) is 0 Å². The van der Waals surface area contributed by atoms with Crippen molar-refractivity contribution in [2.24, 2.45) is 0 Å². The third kappa shape index (κ3) is 2.11. The van der Waals surface area contributed by atoms with Crippen LogP contribution in [0, 0.1) is 0 Å². The summed E-state index contributed by atoms with van der Waals surface area (Å²) in [6.07, 6.45) is 1.50. The van der Waals surface area contributed by atoms with Crippen LogP contribution in [0.4, 0.5) is 11.5 Å². The van der Waals surface area contributed by atoms with E-state index >= 15 is 0 Å². The van der Waals surface area contributed by atoms with Gasteiger partial charge in [0.1, 0.15) is 11.9 Å². The molecule has 6 heteroatoms. The third-order valence-corrected chi connectivity index (χ3v) is 2.90. The lowest BCUT2D eigenvalue weighted by molar-refractivity contribution is -0.138. The van der Waals surface area contributed by atoms with E-state index in [1.54, 1.807) is 17.0 Å². The summed E-state index contributed by atoms with van der Waals surface area (Å²) in [5, 5.41) is 9.10. The minimum absolute atomic E-state index is 0.332. The summed E-state index contributed by atoms with van der Waals surface area (Å²) in [5.74, 6) is 0.111. The molecule has 1 unspecified atom stereocenters. The fourth-order valence-electron chi connectivity index (χ4n) is 2.06. The van der Waals surface area contributed by atoms with Crippen LogP contribution in [0.2, 0.25) is 0 Å². The summed E-state index contributed by atoms with van der Waals surface area (Å²) in [5.41, 5.74) is 6.12. The van der Waals surface area contributed by atoms with Crippen LogP contribution in [0.1, 0.15) is 12.8 Å². The first kappa shape index (κ1) is 11.5. The van der Waals surface area contributed by atoms with E-state index in [9.17, 15) is 4.79 Å². The molecule has 0 aliphatic carbocycles. The number of pyridine rings is 1. The number of carboxylic acids is 1. The Bertz CT molecular complexity index is 436. The molecule has 1 aromatic heterocycles. The second-order valence-corrected chi connectivity index (χ2v) is 3.96. The molecule has 0 saturated carbocycles. The topological polar surface area (TPSA) is 88.7 Å². The number of nitrogens with two attached hydrogens (primary N) is 1. The largest absolute Gasteiger partial charge is 0.480 e. The highest BCUT2D eigenvalue weighted by molar-refractivity contribution is 5.78. The summed E-state index contributed by atoms with van der Waals surface area (Å²) < 4.78 is 5.03. The molecule has 1 atom stereocenters. The molecule has 92 valence electrons. The predicted molar refractivity (Wildman–Crippen MR) is 63.2 cm³/mol. The van der Waals surface area contributed by atoms with Gasteiger partial charge in [0.25, 0.3) is 0 Å². The molecule has 1 aliphatic rings. The van der Waals surface area contributed by atoms with E-state index in [4.69, 9.17) is 15.6 Å². The number of anilines is 2. The Labute approximate surface area is 99.0 Å². The Morgan fingerprint density at radius 3 is 3.06 bits per heavy atom. The van der Waals surface area contributed by atoms with Crippen molar-refractivity contribution in [2.45, 2.75) is 18.9 Å². The van der Waals surface area contributed by atoms with Gasteiger partial charge in [0.15, 0.2) is 0 Å². The van der Waals surface area contributed by atoms with Gasteiger partial charge >= 0.3 is 5.97 Å². The number of nitrogens with zero attached hydrogens (tertiary/aromatic N) is 2. The minimum Gasteiger partial charge on any atom is -0.480 e. The maximum atomic E-state index is 11.1. The Hall–Kier alpha value is -1.98. The second kappa shape index (κ2) is 4.48. The lowest BCUT2D eigenvalue weighted by atomic mass is 10.2. The van der Waals surface area contributed by atoms with Crippen LogP contribution in [-0.4, -0.2) is 35.8 Å². The SMILES string of the molecule is COc1nc(N2CCCC2C(=O)O)ccc1N. The van der Waals surface area contributed by atoms with E-state index in [-0.39, 0.29) is 0 Å². The molecule has 6 nitrogen and oxygen atoms in total. The molecule has 2 rings (SSSR count). The minimum atomic E-state index is -0.819.